The van der Waals surface area contributed by atoms with Gasteiger partial charge < -0.3 is 10.5 Å². The average Bonchev–Trinajstić information content (AvgIpc) is 2.47. The molecule has 0 bridgehead atoms. The van der Waals surface area contributed by atoms with Crippen molar-refractivity contribution in [2.45, 2.75) is 19.4 Å². The summed E-state index contributed by atoms with van der Waals surface area (Å²) in [5, 5.41) is 0.0595. The summed E-state index contributed by atoms with van der Waals surface area (Å²) in [5.41, 5.74) is 7.11. The second kappa shape index (κ2) is 6.68. The van der Waals surface area contributed by atoms with E-state index < -0.39 is 11.9 Å². The van der Waals surface area contributed by atoms with Crippen LogP contribution in [0.1, 0.15) is 30.5 Å². The van der Waals surface area contributed by atoms with Gasteiger partial charge in [-0.25, -0.2) is 4.39 Å². The Morgan fingerprint density at radius 3 is 2.95 bits per heavy atom. The minimum Gasteiger partial charge on any atom is -0.492 e. The maximum absolute atomic E-state index is 14.0. The predicted molar refractivity (Wildman–Crippen MR) is 77.5 cm³/mol. The lowest BCUT2D eigenvalue weighted by atomic mass is 10.0. The third-order valence-corrected chi connectivity index (χ3v) is 3.17. The van der Waals surface area contributed by atoms with Gasteiger partial charge in [0.05, 0.1) is 23.9 Å². The molecular formula is C15H16ClFN2O. The normalized spacial score (nSPS) is 12.2. The SMILES string of the molecule is CCCOc1cncc(C(N)c2cccc(Cl)c2F)c1. The third kappa shape index (κ3) is 3.26. The Hall–Kier alpha value is -1.65. The fraction of sp³-hybridized carbons (Fsp3) is 0.267. The molecule has 0 saturated carbocycles. The number of hydrogen-bond donors (Lipinski definition) is 1. The molecule has 2 N–H and O–H groups in total. The van der Waals surface area contributed by atoms with E-state index in [1.165, 1.54) is 6.07 Å². The number of pyridine rings is 1. The first-order valence-electron chi connectivity index (χ1n) is 6.40. The van der Waals surface area contributed by atoms with E-state index in [4.69, 9.17) is 22.1 Å². The zero-order chi connectivity index (χ0) is 14.5. The first-order chi connectivity index (χ1) is 9.63. The Morgan fingerprint density at radius 2 is 2.20 bits per heavy atom. The van der Waals surface area contributed by atoms with Gasteiger partial charge in [0.2, 0.25) is 0 Å². The number of nitrogens with two attached hydrogens (primary N) is 1. The fourth-order valence-electron chi connectivity index (χ4n) is 1.84. The second-order valence-corrected chi connectivity index (χ2v) is 4.83. The van der Waals surface area contributed by atoms with Crippen molar-refractivity contribution in [3.05, 3.63) is 58.6 Å². The molecular weight excluding hydrogens is 279 g/mol. The Kier molecular flexibility index (Phi) is 4.93. The Labute approximate surface area is 122 Å². The van der Waals surface area contributed by atoms with Gasteiger partial charge in [0.1, 0.15) is 11.6 Å². The smallest absolute Gasteiger partial charge is 0.146 e. The highest BCUT2D eigenvalue weighted by atomic mass is 35.5. The highest BCUT2D eigenvalue weighted by Gasteiger charge is 2.16. The van der Waals surface area contributed by atoms with Gasteiger partial charge in [0.25, 0.3) is 0 Å². The molecule has 5 heteroatoms. The van der Waals surface area contributed by atoms with E-state index in [1.54, 1.807) is 30.6 Å². The van der Waals surface area contributed by atoms with Crippen LogP contribution in [0, 0.1) is 5.82 Å². The Bertz CT molecular complexity index is 592. The molecule has 0 aliphatic rings. The number of rotatable bonds is 5. The maximum Gasteiger partial charge on any atom is 0.146 e. The molecule has 0 fully saturated rings. The monoisotopic (exact) mass is 294 g/mol. The molecule has 0 radical (unpaired) electrons. The quantitative estimate of drug-likeness (QED) is 0.914. The van der Waals surface area contributed by atoms with Crippen LogP contribution in [0.25, 0.3) is 0 Å². The van der Waals surface area contributed by atoms with E-state index in [0.29, 0.717) is 23.5 Å². The van der Waals surface area contributed by atoms with Gasteiger partial charge in [-0.05, 0) is 24.1 Å². The molecule has 3 nitrogen and oxygen atoms in total. The van der Waals surface area contributed by atoms with Crippen LogP contribution < -0.4 is 10.5 Å². The van der Waals surface area contributed by atoms with Gasteiger partial charge in [-0.15, -0.1) is 0 Å². The van der Waals surface area contributed by atoms with E-state index in [-0.39, 0.29) is 5.02 Å². The lowest BCUT2D eigenvalue weighted by molar-refractivity contribution is 0.315. The zero-order valence-electron chi connectivity index (χ0n) is 11.1. The molecule has 0 amide bonds. The van der Waals surface area contributed by atoms with E-state index in [9.17, 15) is 4.39 Å². The summed E-state index contributed by atoms with van der Waals surface area (Å²) in [4.78, 5) is 4.08. The van der Waals surface area contributed by atoms with Crippen LogP contribution in [0.2, 0.25) is 5.02 Å². The fourth-order valence-corrected chi connectivity index (χ4v) is 2.03. The Balaban J connectivity index is 2.28. The van der Waals surface area contributed by atoms with Crippen LogP contribution >= 0.6 is 11.6 Å². The molecule has 20 heavy (non-hydrogen) atoms. The molecule has 1 heterocycles. The van der Waals surface area contributed by atoms with Gasteiger partial charge in [0.15, 0.2) is 0 Å². The highest BCUT2D eigenvalue weighted by molar-refractivity contribution is 6.30. The molecule has 106 valence electrons. The summed E-state index contributed by atoms with van der Waals surface area (Å²) in [7, 11) is 0. The van der Waals surface area contributed by atoms with Crippen LogP contribution in [-0.4, -0.2) is 11.6 Å². The number of halogens is 2. The van der Waals surface area contributed by atoms with E-state index in [2.05, 4.69) is 4.98 Å². The van der Waals surface area contributed by atoms with Crippen molar-refractivity contribution in [3.8, 4) is 5.75 Å². The molecule has 1 aromatic carbocycles. The molecule has 0 aliphatic heterocycles. The maximum atomic E-state index is 14.0. The number of aromatic nitrogens is 1. The van der Waals surface area contributed by atoms with E-state index in [0.717, 1.165) is 6.42 Å². The van der Waals surface area contributed by atoms with Crippen LogP contribution in [0.15, 0.2) is 36.7 Å². The third-order valence-electron chi connectivity index (χ3n) is 2.88. The average molecular weight is 295 g/mol. The van der Waals surface area contributed by atoms with Crippen LogP contribution in [0.4, 0.5) is 4.39 Å². The molecule has 1 unspecified atom stereocenters. The van der Waals surface area contributed by atoms with Crippen LogP contribution in [-0.2, 0) is 0 Å². The lowest BCUT2D eigenvalue weighted by Gasteiger charge is -2.15. The Morgan fingerprint density at radius 1 is 1.40 bits per heavy atom. The summed E-state index contributed by atoms with van der Waals surface area (Å²) in [6.07, 6.45) is 4.11. The van der Waals surface area contributed by atoms with Crippen LogP contribution in [0.3, 0.4) is 0 Å². The molecule has 0 spiro atoms. The minimum absolute atomic E-state index is 0.0595. The predicted octanol–water partition coefficient (Wildman–Crippen LogP) is 3.71. The van der Waals surface area contributed by atoms with Gasteiger partial charge in [-0.1, -0.05) is 30.7 Å². The van der Waals surface area contributed by atoms with Gasteiger partial charge in [-0.2, -0.15) is 0 Å². The van der Waals surface area contributed by atoms with E-state index >= 15 is 0 Å². The molecule has 1 aromatic heterocycles. The largest absolute Gasteiger partial charge is 0.492 e. The van der Waals surface area contributed by atoms with Gasteiger partial charge >= 0.3 is 0 Å². The first-order valence-corrected chi connectivity index (χ1v) is 6.78. The van der Waals surface area contributed by atoms with Crippen molar-refractivity contribution in [3.63, 3.8) is 0 Å². The molecule has 0 saturated heterocycles. The van der Waals surface area contributed by atoms with Gasteiger partial charge in [0, 0.05) is 11.8 Å². The summed E-state index contributed by atoms with van der Waals surface area (Å²) >= 11 is 5.77. The summed E-state index contributed by atoms with van der Waals surface area (Å²) in [5.74, 6) is 0.129. The topological polar surface area (TPSA) is 48.1 Å². The number of benzene rings is 1. The summed E-state index contributed by atoms with van der Waals surface area (Å²) < 4.78 is 19.5. The molecule has 1 atom stereocenters. The highest BCUT2D eigenvalue weighted by Crippen LogP contribution is 2.27. The first kappa shape index (κ1) is 14.8. The van der Waals surface area contributed by atoms with Crippen molar-refractivity contribution in [2.75, 3.05) is 6.61 Å². The summed E-state index contributed by atoms with van der Waals surface area (Å²) in [6, 6.07) is 5.92. The number of ether oxygens (including phenoxy) is 1. The lowest BCUT2D eigenvalue weighted by Crippen LogP contribution is -2.14. The minimum atomic E-state index is -0.633. The number of nitrogens with zero attached hydrogens (tertiary/aromatic N) is 1. The molecule has 2 rings (SSSR count). The van der Waals surface area contributed by atoms with Crippen molar-refractivity contribution in [2.24, 2.45) is 5.73 Å². The zero-order valence-corrected chi connectivity index (χ0v) is 11.9. The number of hydrogen-bond acceptors (Lipinski definition) is 3. The van der Waals surface area contributed by atoms with Crippen LogP contribution in [0.5, 0.6) is 5.75 Å². The summed E-state index contributed by atoms with van der Waals surface area (Å²) in [6.45, 7) is 2.62. The second-order valence-electron chi connectivity index (χ2n) is 4.42. The molecule has 0 aliphatic carbocycles. The molecule has 2 aromatic rings. The van der Waals surface area contributed by atoms with Crippen molar-refractivity contribution >= 4 is 11.6 Å². The van der Waals surface area contributed by atoms with Gasteiger partial charge in [-0.3, -0.25) is 4.98 Å². The van der Waals surface area contributed by atoms with Crippen molar-refractivity contribution in [1.82, 2.24) is 4.98 Å². The standard InChI is InChI=1S/C15H16ClFN2O/c1-2-6-20-11-7-10(8-19-9-11)15(18)12-4-3-5-13(16)14(12)17/h3-5,7-9,15H,2,6,18H2,1H3. The van der Waals surface area contributed by atoms with E-state index in [1.807, 2.05) is 6.92 Å². The van der Waals surface area contributed by atoms with Crippen molar-refractivity contribution in [1.29, 1.82) is 0 Å². The van der Waals surface area contributed by atoms with Crippen molar-refractivity contribution < 1.29 is 9.13 Å².